The Bertz CT molecular complexity index is 577. The standard InChI is InChI=1S/C13H13ClN2O3/c1-7(14)10-8-5-3-4-6-9(8)11(12(17)18)16-13(15-10)19-2/h3-6,11H,1-2H3,(H,15,16)(H,17,18)/b10-7-. The number of benzene rings is 1. The Kier molecular flexibility index (Phi) is 3.76. The fraction of sp³-hybridized carbons (Fsp3) is 0.231. The predicted octanol–water partition coefficient (Wildman–Crippen LogP) is 2.35. The quantitative estimate of drug-likeness (QED) is 0.828. The Hall–Kier alpha value is -2.01. The zero-order chi connectivity index (χ0) is 14.0. The summed E-state index contributed by atoms with van der Waals surface area (Å²) in [6, 6.07) is 6.21. The maximum Gasteiger partial charge on any atom is 0.333 e. The van der Waals surface area contributed by atoms with Gasteiger partial charge in [0.15, 0.2) is 6.04 Å². The number of aliphatic carboxylic acids is 1. The van der Waals surface area contributed by atoms with E-state index >= 15 is 0 Å². The number of carbonyl (C=O) groups is 1. The number of halogens is 1. The van der Waals surface area contributed by atoms with Crippen molar-refractivity contribution in [3.05, 3.63) is 40.4 Å². The first-order chi connectivity index (χ1) is 9.04. The number of carboxylic acids is 1. The highest BCUT2D eigenvalue weighted by molar-refractivity contribution is 6.32. The first kappa shape index (κ1) is 13.4. The van der Waals surface area contributed by atoms with E-state index in [-0.39, 0.29) is 6.02 Å². The van der Waals surface area contributed by atoms with Crippen molar-refractivity contribution in [2.24, 2.45) is 4.99 Å². The molecule has 0 aliphatic carbocycles. The SMILES string of the molecule is COC1=NC(C(=O)O)c2ccccc2/C(=C(\C)Cl)N1. The summed E-state index contributed by atoms with van der Waals surface area (Å²) in [4.78, 5) is 15.4. The van der Waals surface area contributed by atoms with Gasteiger partial charge in [-0.2, -0.15) is 0 Å². The minimum absolute atomic E-state index is 0.124. The van der Waals surface area contributed by atoms with Gasteiger partial charge in [-0.05, 0) is 12.5 Å². The van der Waals surface area contributed by atoms with Crippen LogP contribution in [0, 0.1) is 0 Å². The van der Waals surface area contributed by atoms with Crippen LogP contribution in [0.2, 0.25) is 0 Å². The smallest absolute Gasteiger partial charge is 0.333 e. The molecule has 0 bridgehead atoms. The lowest BCUT2D eigenvalue weighted by Crippen LogP contribution is -2.23. The summed E-state index contributed by atoms with van der Waals surface area (Å²) in [6.45, 7) is 1.72. The summed E-state index contributed by atoms with van der Waals surface area (Å²) >= 11 is 6.07. The van der Waals surface area contributed by atoms with E-state index in [1.165, 1.54) is 7.11 Å². The second-order valence-electron chi connectivity index (χ2n) is 4.00. The second-order valence-corrected chi connectivity index (χ2v) is 4.57. The van der Waals surface area contributed by atoms with E-state index in [0.717, 1.165) is 0 Å². The van der Waals surface area contributed by atoms with Gasteiger partial charge in [-0.15, -0.1) is 0 Å². The number of hydrogen-bond acceptors (Lipinski definition) is 4. The predicted molar refractivity (Wildman–Crippen MR) is 72.8 cm³/mol. The topological polar surface area (TPSA) is 70.9 Å². The van der Waals surface area contributed by atoms with Gasteiger partial charge >= 0.3 is 5.97 Å². The molecule has 0 spiro atoms. The zero-order valence-corrected chi connectivity index (χ0v) is 11.2. The lowest BCUT2D eigenvalue weighted by molar-refractivity contribution is -0.138. The first-order valence-electron chi connectivity index (χ1n) is 5.62. The van der Waals surface area contributed by atoms with Gasteiger partial charge in [-0.1, -0.05) is 35.9 Å². The Morgan fingerprint density at radius 1 is 1.47 bits per heavy atom. The third-order valence-electron chi connectivity index (χ3n) is 2.77. The van der Waals surface area contributed by atoms with Crippen molar-refractivity contribution in [1.82, 2.24) is 5.32 Å². The average molecular weight is 281 g/mol. The molecule has 6 heteroatoms. The van der Waals surface area contributed by atoms with Crippen LogP contribution in [0.4, 0.5) is 0 Å². The molecule has 0 saturated heterocycles. The van der Waals surface area contributed by atoms with Crippen molar-refractivity contribution in [1.29, 1.82) is 0 Å². The maximum absolute atomic E-state index is 11.4. The highest BCUT2D eigenvalue weighted by Crippen LogP contribution is 2.31. The van der Waals surface area contributed by atoms with Crippen LogP contribution in [0.1, 0.15) is 24.1 Å². The lowest BCUT2D eigenvalue weighted by Gasteiger charge is -2.12. The number of aliphatic imine (C=N–C) groups is 1. The van der Waals surface area contributed by atoms with Gasteiger partial charge < -0.3 is 15.2 Å². The number of rotatable bonds is 1. The average Bonchev–Trinajstić information content (AvgIpc) is 2.55. The number of allylic oxidation sites excluding steroid dienone is 1. The number of nitrogens with zero attached hydrogens (tertiary/aromatic N) is 1. The van der Waals surface area contributed by atoms with Gasteiger partial charge in [0.1, 0.15) is 0 Å². The second kappa shape index (κ2) is 5.32. The fourth-order valence-corrected chi connectivity index (χ4v) is 2.07. The fourth-order valence-electron chi connectivity index (χ4n) is 1.92. The molecule has 1 aliphatic heterocycles. The monoisotopic (exact) mass is 280 g/mol. The zero-order valence-electron chi connectivity index (χ0n) is 10.5. The van der Waals surface area contributed by atoms with E-state index in [1.807, 2.05) is 6.07 Å². The van der Waals surface area contributed by atoms with Gasteiger partial charge in [0.05, 0.1) is 12.8 Å². The van der Waals surface area contributed by atoms with Crippen LogP contribution in [0.25, 0.3) is 5.70 Å². The van der Waals surface area contributed by atoms with Crippen molar-refractivity contribution >= 4 is 29.3 Å². The number of amidine groups is 1. The van der Waals surface area contributed by atoms with Crippen LogP contribution in [0.3, 0.4) is 0 Å². The normalized spacial score (nSPS) is 20.6. The number of carboxylic acid groups (broad SMARTS) is 1. The third-order valence-corrected chi connectivity index (χ3v) is 2.96. The summed E-state index contributed by atoms with van der Waals surface area (Å²) in [6.07, 6.45) is 0. The van der Waals surface area contributed by atoms with Crippen LogP contribution in [0.15, 0.2) is 34.3 Å². The molecular formula is C13H13ClN2O3. The van der Waals surface area contributed by atoms with Crippen LogP contribution in [0.5, 0.6) is 0 Å². The van der Waals surface area contributed by atoms with E-state index in [0.29, 0.717) is 21.9 Å². The van der Waals surface area contributed by atoms with Crippen LogP contribution >= 0.6 is 11.6 Å². The van der Waals surface area contributed by atoms with E-state index in [2.05, 4.69) is 10.3 Å². The number of ether oxygens (including phenoxy) is 1. The minimum atomic E-state index is -1.04. The van der Waals surface area contributed by atoms with Crippen molar-refractivity contribution in [2.45, 2.75) is 13.0 Å². The minimum Gasteiger partial charge on any atom is -0.479 e. The van der Waals surface area contributed by atoms with Crippen LogP contribution < -0.4 is 5.32 Å². The number of nitrogens with one attached hydrogen (secondary N) is 1. The number of fused-ring (bicyclic) bond motifs is 1. The molecule has 1 aromatic rings. The summed E-state index contributed by atoms with van der Waals surface area (Å²) in [5, 5.41) is 12.7. The van der Waals surface area contributed by atoms with Crippen molar-refractivity contribution in [2.75, 3.05) is 7.11 Å². The van der Waals surface area contributed by atoms with Crippen molar-refractivity contribution in [3.8, 4) is 0 Å². The molecule has 100 valence electrons. The molecule has 0 radical (unpaired) electrons. The molecule has 1 aromatic carbocycles. The lowest BCUT2D eigenvalue weighted by atomic mass is 9.98. The van der Waals surface area contributed by atoms with Gasteiger partial charge in [-0.25, -0.2) is 9.79 Å². The van der Waals surface area contributed by atoms with Gasteiger partial charge in [0, 0.05) is 10.6 Å². The molecule has 0 fully saturated rings. The van der Waals surface area contributed by atoms with Gasteiger partial charge in [0.2, 0.25) is 0 Å². The van der Waals surface area contributed by atoms with E-state index in [1.54, 1.807) is 25.1 Å². The molecular weight excluding hydrogens is 268 g/mol. The molecule has 0 amide bonds. The molecule has 2 rings (SSSR count). The van der Waals surface area contributed by atoms with Crippen LogP contribution in [-0.2, 0) is 9.53 Å². The number of hydrogen-bond donors (Lipinski definition) is 2. The van der Waals surface area contributed by atoms with E-state index < -0.39 is 12.0 Å². The Balaban J connectivity index is 2.69. The maximum atomic E-state index is 11.4. The van der Waals surface area contributed by atoms with Crippen LogP contribution in [-0.4, -0.2) is 24.2 Å². The highest BCUT2D eigenvalue weighted by Gasteiger charge is 2.28. The molecule has 19 heavy (non-hydrogen) atoms. The molecule has 1 unspecified atom stereocenters. The molecule has 5 nitrogen and oxygen atoms in total. The summed E-state index contributed by atoms with van der Waals surface area (Å²) in [7, 11) is 1.42. The highest BCUT2D eigenvalue weighted by atomic mass is 35.5. The van der Waals surface area contributed by atoms with E-state index in [9.17, 15) is 9.90 Å². The van der Waals surface area contributed by atoms with Crippen molar-refractivity contribution in [3.63, 3.8) is 0 Å². The third kappa shape index (κ3) is 2.56. The van der Waals surface area contributed by atoms with E-state index in [4.69, 9.17) is 16.3 Å². The van der Waals surface area contributed by atoms with Gasteiger partial charge in [-0.3, -0.25) is 0 Å². The summed E-state index contributed by atoms with van der Waals surface area (Å²) in [5.41, 5.74) is 1.88. The van der Waals surface area contributed by atoms with Gasteiger partial charge in [0.25, 0.3) is 6.02 Å². The molecule has 0 saturated carbocycles. The Labute approximate surface area is 115 Å². The Morgan fingerprint density at radius 3 is 2.74 bits per heavy atom. The summed E-state index contributed by atoms with van der Waals surface area (Å²) in [5.74, 6) is -1.04. The molecule has 2 N–H and O–H groups in total. The molecule has 1 aliphatic rings. The number of methoxy groups -OCH3 is 1. The summed E-state index contributed by atoms with van der Waals surface area (Å²) < 4.78 is 5.05. The Morgan fingerprint density at radius 2 is 2.16 bits per heavy atom. The molecule has 1 heterocycles. The molecule has 1 atom stereocenters. The molecule has 0 aromatic heterocycles. The van der Waals surface area contributed by atoms with Crippen molar-refractivity contribution < 1.29 is 14.6 Å². The first-order valence-corrected chi connectivity index (χ1v) is 5.99. The largest absolute Gasteiger partial charge is 0.479 e.